The molecule has 0 fully saturated rings. The largest absolute Gasteiger partial charge is 0.347 e. The van der Waals surface area contributed by atoms with Gasteiger partial charge in [-0.05, 0) is 25.6 Å². The number of nitrogens with zero attached hydrogens (tertiary/aromatic N) is 1. The molecule has 106 valence electrons. The van der Waals surface area contributed by atoms with Crippen LogP contribution in [0.25, 0.3) is 0 Å². The first kappa shape index (κ1) is 15.7. The Bertz CT molecular complexity index is 390. The maximum atomic E-state index is 12.1. The zero-order valence-corrected chi connectivity index (χ0v) is 12.3. The van der Waals surface area contributed by atoms with E-state index in [0.717, 1.165) is 12.1 Å². The fourth-order valence-corrected chi connectivity index (χ4v) is 1.86. The summed E-state index contributed by atoms with van der Waals surface area (Å²) in [6, 6.07) is 9.48. The minimum absolute atomic E-state index is 0.0338. The number of carbonyl (C=O) groups excluding carboxylic acids is 1. The fraction of sp³-hybridized carbons (Fsp3) is 0.533. The predicted molar refractivity (Wildman–Crippen MR) is 78.7 cm³/mol. The molecule has 19 heavy (non-hydrogen) atoms. The Morgan fingerprint density at radius 2 is 1.84 bits per heavy atom. The molecule has 2 atom stereocenters. The van der Waals surface area contributed by atoms with Gasteiger partial charge < -0.3 is 16.0 Å². The van der Waals surface area contributed by atoms with Crippen molar-refractivity contribution in [3.8, 4) is 0 Å². The zero-order chi connectivity index (χ0) is 14.4. The third-order valence-electron chi connectivity index (χ3n) is 3.09. The van der Waals surface area contributed by atoms with Crippen LogP contribution in [0.4, 0.5) is 0 Å². The van der Waals surface area contributed by atoms with Gasteiger partial charge in [0.2, 0.25) is 5.91 Å². The van der Waals surface area contributed by atoms with Gasteiger partial charge in [-0.15, -0.1) is 0 Å². The highest BCUT2D eigenvalue weighted by Gasteiger charge is 2.21. The lowest BCUT2D eigenvalue weighted by Crippen LogP contribution is -2.47. The Balaban J connectivity index is 2.79. The van der Waals surface area contributed by atoms with Crippen LogP contribution in [0.15, 0.2) is 30.3 Å². The molecule has 0 bridgehead atoms. The summed E-state index contributed by atoms with van der Waals surface area (Å²) in [5, 5.41) is 3.04. The Kier molecular flexibility index (Phi) is 5.99. The quantitative estimate of drug-likeness (QED) is 0.815. The molecule has 4 nitrogen and oxygen atoms in total. The number of rotatable bonds is 6. The second-order valence-electron chi connectivity index (χ2n) is 5.50. The number of amides is 1. The summed E-state index contributed by atoms with van der Waals surface area (Å²) in [7, 11) is 3.98. The van der Waals surface area contributed by atoms with Gasteiger partial charge >= 0.3 is 0 Å². The molecule has 0 aromatic heterocycles. The smallest absolute Gasteiger partial charge is 0.237 e. The van der Waals surface area contributed by atoms with Crippen molar-refractivity contribution in [1.82, 2.24) is 10.2 Å². The van der Waals surface area contributed by atoms with Crippen molar-refractivity contribution in [2.24, 2.45) is 11.7 Å². The van der Waals surface area contributed by atoms with E-state index >= 15 is 0 Å². The Morgan fingerprint density at radius 1 is 1.26 bits per heavy atom. The summed E-state index contributed by atoms with van der Waals surface area (Å²) in [6.45, 7) is 4.65. The van der Waals surface area contributed by atoms with Gasteiger partial charge in [0.1, 0.15) is 0 Å². The second-order valence-corrected chi connectivity index (χ2v) is 5.50. The van der Waals surface area contributed by atoms with Crippen LogP contribution in [0, 0.1) is 5.92 Å². The Morgan fingerprint density at radius 3 is 2.32 bits per heavy atom. The standard InChI is InChI=1S/C15H25N3O/c1-11(2)14(16)15(19)17-13(10-18(3)4)12-8-6-5-7-9-12/h5-9,11,13-14H,10,16H2,1-4H3,(H,17,19). The van der Waals surface area contributed by atoms with Crippen LogP contribution in [0.3, 0.4) is 0 Å². The molecular weight excluding hydrogens is 238 g/mol. The fourth-order valence-electron chi connectivity index (χ4n) is 1.86. The average Bonchev–Trinajstić information content (AvgIpc) is 2.37. The van der Waals surface area contributed by atoms with E-state index in [9.17, 15) is 4.79 Å². The Labute approximate surface area is 116 Å². The van der Waals surface area contributed by atoms with Crippen LogP contribution in [0.5, 0.6) is 0 Å². The van der Waals surface area contributed by atoms with E-state index in [-0.39, 0.29) is 17.9 Å². The van der Waals surface area contributed by atoms with Crippen LogP contribution >= 0.6 is 0 Å². The molecular formula is C15H25N3O. The van der Waals surface area contributed by atoms with Crippen molar-refractivity contribution in [1.29, 1.82) is 0 Å². The molecule has 0 aliphatic rings. The molecule has 4 heteroatoms. The first-order chi connectivity index (χ1) is 8.91. The SMILES string of the molecule is CC(C)C(N)C(=O)NC(CN(C)C)c1ccccc1. The lowest BCUT2D eigenvalue weighted by atomic mass is 10.0. The predicted octanol–water partition coefficient (Wildman–Crippen LogP) is 1.39. The van der Waals surface area contributed by atoms with E-state index in [1.54, 1.807) is 0 Å². The molecule has 0 spiro atoms. The normalized spacial score (nSPS) is 14.5. The molecule has 0 saturated carbocycles. The zero-order valence-electron chi connectivity index (χ0n) is 12.3. The molecule has 1 aromatic carbocycles. The lowest BCUT2D eigenvalue weighted by molar-refractivity contribution is -0.124. The molecule has 1 amide bonds. The highest BCUT2D eigenvalue weighted by atomic mass is 16.2. The first-order valence-corrected chi connectivity index (χ1v) is 6.67. The number of benzene rings is 1. The first-order valence-electron chi connectivity index (χ1n) is 6.67. The second kappa shape index (κ2) is 7.26. The Hall–Kier alpha value is -1.39. The number of nitrogens with one attached hydrogen (secondary N) is 1. The molecule has 0 aliphatic carbocycles. The van der Waals surface area contributed by atoms with E-state index in [0.29, 0.717) is 0 Å². The lowest BCUT2D eigenvalue weighted by Gasteiger charge is -2.25. The van der Waals surface area contributed by atoms with Crippen LogP contribution in [0.1, 0.15) is 25.5 Å². The summed E-state index contributed by atoms with van der Waals surface area (Å²) < 4.78 is 0. The van der Waals surface area contributed by atoms with Crippen molar-refractivity contribution in [3.05, 3.63) is 35.9 Å². The summed E-state index contributed by atoms with van der Waals surface area (Å²) in [6.07, 6.45) is 0. The van der Waals surface area contributed by atoms with Crippen molar-refractivity contribution in [2.75, 3.05) is 20.6 Å². The number of nitrogens with two attached hydrogens (primary N) is 1. The number of hydrogen-bond acceptors (Lipinski definition) is 3. The summed E-state index contributed by atoms with van der Waals surface area (Å²) in [4.78, 5) is 14.1. The van der Waals surface area contributed by atoms with Gasteiger partial charge in [-0.25, -0.2) is 0 Å². The molecule has 2 unspecified atom stereocenters. The highest BCUT2D eigenvalue weighted by Crippen LogP contribution is 2.14. The van der Waals surface area contributed by atoms with Gasteiger partial charge in [0.05, 0.1) is 12.1 Å². The maximum absolute atomic E-state index is 12.1. The van der Waals surface area contributed by atoms with Gasteiger partial charge in [-0.1, -0.05) is 44.2 Å². The number of likely N-dealkylation sites (N-methyl/N-ethyl adjacent to an activating group) is 1. The van der Waals surface area contributed by atoms with Crippen molar-refractivity contribution in [3.63, 3.8) is 0 Å². The molecule has 0 radical (unpaired) electrons. The van der Waals surface area contributed by atoms with E-state index in [2.05, 4.69) is 10.2 Å². The summed E-state index contributed by atoms with van der Waals surface area (Å²) in [5.41, 5.74) is 6.99. The molecule has 0 saturated heterocycles. The van der Waals surface area contributed by atoms with Crippen molar-refractivity contribution < 1.29 is 4.79 Å². The van der Waals surface area contributed by atoms with Gasteiger partial charge in [0, 0.05) is 6.54 Å². The van der Waals surface area contributed by atoms with Gasteiger partial charge in [0.15, 0.2) is 0 Å². The van der Waals surface area contributed by atoms with Crippen LogP contribution in [0.2, 0.25) is 0 Å². The van der Waals surface area contributed by atoms with Gasteiger partial charge in [0.25, 0.3) is 0 Å². The minimum Gasteiger partial charge on any atom is -0.347 e. The highest BCUT2D eigenvalue weighted by molar-refractivity contribution is 5.82. The number of carbonyl (C=O) groups is 1. The van der Waals surface area contributed by atoms with Gasteiger partial charge in [-0.2, -0.15) is 0 Å². The van der Waals surface area contributed by atoms with E-state index in [1.165, 1.54) is 0 Å². The van der Waals surface area contributed by atoms with Crippen LogP contribution in [-0.4, -0.2) is 37.5 Å². The molecule has 1 aromatic rings. The topological polar surface area (TPSA) is 58.4 Å². The molecule has 0 aliphatic heterocycles. The van der Waals surface area contributed by atoms with Gasteiger partial charge in [-0.3, -0.25) is 4.79 Å². The van der Waals surface area contributed by atoms with Crippen molar-refractivity contribution in [2.45, 2.75) is 25.9 Å². The van der Waals surface area contributed by atoms with E-state index in [1.807, 2.05) is 58.3 Å². The van der Waals surface area contributed by atoms with Crippen molar-refractivity contribution >= 4 is 5.91 Å². The third kappa shape index (κ3) is 5.01. The third-order valence-corrected chi connectivity index (χ3v) is 3.09. The summed E-state index contributed by atoms with van der Waals surface area (Å²) in [5.74, 6) is 0.0430. The van der Waals surface area contributed by atoms with E-state index < -0.39 is 6.04 Å². The van der Waals surface area contributed by atoms with Crippen LogP contribution < -0.4 is 11.1 Å². The monoisotopic (exact) mass is 263 g/mol. The van der Waals surface area contributed by atoms with Crippen LogP contribution in [-0.2, 0) is 4.79 Å². The maximum Gasteiger partial charge on any atom is 0.237 e. The minimum atomic E-state index is -0.464. The average molecular weight is 263 g/mol. The van der Waals surface area contributed by atoms with E-state index in [4.69, 9.17) is 5.73 Å². The molecule has 0 heterocycles. The number of hydrogen-bond donors (Lipinski definition) is 2. The molecule has 1 rings (SSSR count). The molecule has 3 N–H and O–H groups in total. The summed E-state index contributed by atoms with van der Waals surface area (Å²) >= 11 is 0.